The van der Waals surface area contributed by atoms with Gasteiger partial charge in [-0.15, -0.1) is 0 Å². The van der Waals surface area contributed by atoms with Crippen LogP contribution in [0.15, 0.2) is 24.3 Å². The smallest absolute Gasteiger partial charge is 0.269 e. The number of nitrogens with zero attached hydrogens (tertiary/aromatic N) is 2. The zero-order valence-electron chi connectivity index (χ0n) is 12.5. The van der Waals surface area contributed by atoms with E-state index in [1.807, 2.05) is 29.7 Å². The fourth-order valence-corrected chi connectivity index (χ4v) is 3.49. The second-order valence-electron chi connectivity index (χ2n) is 6.76. The number of likely N-dealkylation sites (tertiary alicyclic amines) is 2. The number of rotatable bonds is 3. The van der Waals surface area contributed by atoms with Gasteiger partial charge >= 0.3 is 0 Å². The SMILES string of the molecule is CC(C)N1CC(F)(F)C2(CN(Cc3cccc(F)c3)C2)C1. The molecule has 2 nitrogen and oxygen atoms in total. The van der Waals surface area contributed by atoms with E-state index in [0.717, 1.165) is 5.56 Å². The van der Waals surface area contributed by atoms with E-state index in [1.165, 1.54) is 12.1 Å². The van der Waals surface area contributed by atoms with E-state index >= 15 is 0 Å². The summed E-state index contributed by atoms with van der Waals surface area (Å²) in [6.45, 7) is 5.54. The monoisotopic (exact) mass is 298 g/mol. The van der Waals surface area contributed by atoms with E-state index in [0.29, 0.717) is 26.2 Å². The molecule has 2 saturated heterocycles. The van der Waals surface area contributed by atoms with Crippen LogP contribution >= 0.6 is 0 Å². The normalized spacial score (nSPS) is 24.7. The molecule has 2 aliphatic rings. The Morgan fingerprint density at radius 1 is 1.14 bits per heavy atom. The first-order valence-electron chi connectivity index (χ1n) is 7.40. The molecule has 116 valence electrons. The van der Waals surface area contributed by atoms with Gasteiger partial charge < -0.3 is 0 Å². The summed E-state index contributed by atoms with van der Waals surface area (Å²) < 4.78 is 41.8. The van der Waals surface area contributed by atoms with Crippen molar-refractivity contribution in [2.75, 3.05) is 26.2 Å². The van der Waals surface area contributed by atoms with Crippen LogP contribution in [0.25, 0.3) is 0 Å². The molecule has 0 atom stereocenters. The third-order valence-corrected chi connectivity index (χ3v) is 4.76. The summed E-state index contributed by atoms with van der Waals surface area (Å²) >= 11 is 0. The minimum Gasteiger partial charge on any atom is -0.297 e. The molecule has 0 bridgehead atoms. The molecule has 2 heterocycles. The molecule has 0 aliphatic carbocycles. The first kappa shape index (κ1) is 14.9. The van der Waals surface area contributed by atoms with E-state index in [1.54, 1.807) is 6.07 Å². The van der Waals surface area contributed by atoms with Crippen LogP contribution in [0.1, 0.15) is 19.4 Å². The van der Waals surface area contributed by atoms with Crippen LogP contribution in [-0.4, -0.2) is 47.9 Å². The molecule has 3 rings (SSSR count). The third-order valence-electron chi connectivity index (χ3n) is 4.76. The molecule has 2 fully saturated rings. The topological polar surface area (TPSA) is 6.48 Å². The fraction of sp³-hybridized carbons (Fsp3) is 0.625. The van der Waals surface area contributed by atoms with Crippen LogP contribution in [0.5, 0.6) is 0 Å². The van der Waals surface area contributed by atoms with Crippen LogP contribution in [0.3, 0.4) is 0 Å². The number of hydrogen-bond acceptors (Lipinski definition) is 2. The highest BCUT2D eigenvalue weighted by Crippen LogP contribution is 2.50. The van der Waals surface area contributed by atoms with Gasteiger partial charge in [-0.05, 0) is 31.5 Å². The molecule has 1 aromatic rings. The zero-order chi connectivity index (χ0) is 15.3. The Kier molecular flexibility index (Phi) is 3.53. The van der Waals surface area contributed by atoms with E-state index in [4.69, 9.17) is 0 Å². The van der Waals surface area contributed by atoms with Crippen molar-refractivity contribution in [3.8, 4) is 0 Å². The first-order valence-corrected chi connectivity index (χ1v) is 7.40. The fourth-order valence-electron chi connectivity index (χ4n) is 3.49. The van der Waals surface area contributed by atoms with Gasteiger partial charge in [0, 0.05) is 32.2 Å². The summed E-state index contributed by atoms with van der Waals surface area (Å²) in [4.78, 5) is 3.84. The minimum absolute atomic E-state index is 0.140. The zero-order valence-corrected chi connectivity index (χ0v) is 12.5. The summed E-state index contributed by atoms with van der Waals surface area (Å²) in [5.74, 6) is -2.91. The highest BCUT2D eigenvalue weighted by molar-refractivity contribution is 5.18. The lowest BCUT2D eigenvalue weighted by atomic mass is 9.76. The van der Waals surface area contributed by atoms with Gasteiger partial charge in [0.15, 0.2) is 0 Å². The second-order valence-corrected chi connectivity index (χ2v) is 6.76. The van der Waals surface area contributed by atoms with E-state index < -0.39 is 11.3 Å². The lowest BCUT2D eigenvalue weighted by molar-refractivity contribution is -0.159. The number of alkyl halides is 2. The molecule has 0 radical (unpaired) electrons. The summed E-state index contributed by atoms with van der Waals surface area (Å²) in [5, 5.41) is 0. The van der Waals surface area contributed by atoms with Crippen molar-refractivity contribution in [2.24, 2.45) is 5.41 Å². The van der Waals surface area contributed by atoms with Crippen LogP contribution in [-0.2, 0) is 6.54 Å². The van der Waals surface area contributed by atoms with Crippen LogP contribution in [0.2, 0.25) is 0 Å². The predicted octanol–water partition coefficient (Wildman–Crippen LogP) is 2.99. The third kappa shape index (κ3) is 2.57. The van der Waals surface area contributed by atoms with Gasteiger partial charge in [-0.3, -0.25) is 9.80 Å². The molecule has 0 N–H and O–H groups in total. The van der Waals surface area contributed by atoms with Crippen molar-refractivity contribution in [2.45, 2.75) is 32.4 Å². The van der Waals surface area contributed by atoms with E-state index in [-0.39, 0.29) is 18.4 Å². The molecule has 1 spiro atoms. The molecular formula is C16H21F3N2. The van der Waals surface area contributed by atoms with Crippen molar-refractivity contribution in [1.82, 2.24) is 9.80 Å². The highest BCUT2D eigenvalue weighted by atomic mass is 19.3. The van der Waals surface area contributed by atoms with Crippen LogP contribution < -0.4 is 0 Å². The van der Waals surface area contributed by atoms with Crippen molar-refractivity contribution in [3.63, 3.8) is 0 Å². The standard InChI is InChI=1S/C16H21F3N2/c1-12(2)21-10-15(16(18,19)11-21)8-20(9-15)7-13-4-3-5-14(17)6-13/h3-6,12H,7-11H2,1-2H3. The van der Waals surface area contributed by atoms with Crippen molar-refractivity contribution < 1.29 is 13.2 Å². The summed E-state index contributed by atoms with van der Waals surface area (Å²) in [6, 6.07) is 6.50. The average molecular weight is 298 g/mol. The lowest BCUT2D eigenvalue weighted by Gasteiger charge is -2.50. The van der Waals surface area contributed by atoms with Gasteiger partial charge in [-0.1, -0.05) is 12.1 Å². The molecular weight excluding hydrogens is 277 g/mol. The summed E-state index contributed by atoms with van der Waals surface area (Å²) in [7, 11) is 0. The molecule has 1 aromatic carbocycles. The predicted molar refractivity (Wildman–Crippen MR) is 75.8 cm³/mol. The Hall–Kier alpha value is -1.07. The Bertz CT molecular complexity index is 524. The number of halogens is 3. The Morgan fingerprint density at radius 3 is 2.43 bits per heavy atom. The van der Waals surface area contributed by atoms with Gasteiger partial charge in [0.05, 0.1) is 12.0 Å². The highest BCUT2D eigenvalue weighted by Gasteiger charge is 2.65. The van der Waals surface area contributed by atoms with E-state index in [2.05, 4.69) is 0 Å². The summed E-state index contributed by atoms with van der Waals surface area (Å²) in [5.41, 5.74) is -0.0724. The number of benzene rings is 1. The van der Waals surface area contributed by atoms with E-state index in [9.17, 15) is 13.2 Å². The van der Waals surface area contributed by atoms with Crippen LogP contribution in [0.4, 0.5) is 13.2 Å². The van der Waals surface area contributed by atoms with Crippen molar-refractivity contribution in [3.05, 3.63) is 35.6 Å². The van der Waals surface area contributed by atoms with Crippen molar-refractivity contribution >= 4 is 0 Å². The Labute approximate surface area is 123 Å². The quantitative estimate of drug-likeness (QED) is 0.846. The Morgan fingerprint density at radius 2 is 1.86 bits per heavy atom. The maximum atomic E-state index is 14.3. The molecule has 21 heavy (non-hydrogen) atoms. The van der Waals surface area contributed by atoms with Gasteiger partial charge in [-0.2, -0.15) is 0 Å². The first-order chi connectivity index (χ1) is 9.81. The second kappa shape index (κ2) is 4.99. The van der Waals surface area contributed by atoms with Crippen LogP contribution in [0, 0.1) is 11.2 Å². The molecule has 5 heteroatoms. The molecule has 0 saturated carbocycles. The minimum atomic E-state index is -2.63. The van der Waals surface area contributed by atoms with Gasteiger partial charge in [0.25, 0.3) is 5.92 Å². The number of hydrogen-bond donors (Lipinski definition) is 0. The maximum absolute atomic E-state index is 14.3. The van der Waals surface area contributed by atoms with Gasteiger partial charge in [0.1, 0.15) is 5.82 Å². The Balaban J connectivity index is 1.64. The molecule has 2 aliphatic heterocycles. The summed E-state index contributed by atoms with van der Waals surface area (Å²) in [6.07, 6.45) is 0. The molecule has 0 unspecified atom stereocenters. The van der Waals surface area contributed by atoms with Gasteiger partial charge in [-0.25, -0.2) is 13.2 Å². The molecule has 0 amide bonds. The average Bonchev–Trinajstić information content (AvgIpc) is 2.61. The van der Waals surface area contributed by atoms with Gasteiger partial charge in [0.2, 0.25) is 0 Å². The largest absolute Gasteiger partial charge is 0.297 e. The lowest BCUT2D eigenvalue weighted by Crippen LogP contribution is -2.64. The maximum Gasteiger partial charge on any atom is 0.269 e. The van der Waals surface area contributed by atoms with Crippen molar-refractivity contribution in [1.29, 1.82) is 0 Å². The molecule has 0 aromatic heterocycles.